The Kier molecular flexibility index (Phi) is 7.00. The van der Waals surface area contributed by atoms with Crippen molar-refractivity contribution in [3.63, 3.8) is 0 Å². The van der Waals surface area contributed by atoms with E-state index in [4.69, 9.17) is 11.6 Å². The highest BCUT2D eigenvalue weighted by Crippen LogP contribution is 2.17. The quantitative estimate of drug-likeness (QED) is 0.524. The summed E-state index contributed by atoms with van der Waals surface area (Å²) in [5, 5.41) is 11.3. The maximum Gasteiger partial charge on any atom is 0.325 e. The molecule has 0 atom stereocenters. The van der Waals surface area contributed by atoms with Crippen LogP contribution in [0.3, 0.4) is 0 Å². The van der Waals surface area contributed by atoms with E-state index in [2.05, 4.69) is 20.9 Å². The Bertz CT molecular complexity index is 929. The minimum Gasteiger partial charge on any atom is -0.352 e. The zero-order valence-corrected chi connectivity index (χ0v) is 16.5. The van der Waals surface area contributed by atoms with Crippen LogP contribution in [0.1, 0.15) is 17.7 Å². The number of benzene rings is 2. The lowest BCUT2D eigenvalue weighted by Crippen LogP contribution is -2.23. The molecule has 0 unspecified atom stereocenters. The number of urea groups is 1. The van der Waals surface area contributed by atoms with E-state index in [1.54, 1.807) is 24.3 Å². The topological polar surface area (TPSA) is 83.1 Å². The van der Waals surface area contributed by atoms with Crippen LogP contribution >= 0.6 is 22.9 Å². The molecule has 3 N–H and O–H groups in total. The van der Waals surface area contributed by atoms with Crippen LogP contribution in [0, 0.1) is 0 Å². The van der Waals surface area contributed by atoms with Gasteiger partial charge in [-0.25, -0.2) is 9.78 Å². The lowest BCUT2D eigenvalue weighted by atomic mass is 10.2. The van der Waals surface area contributed by atoms with Gasteiger partial charge in [0.25, 0.3) is 0 Å². The number of carbonyl (C=O) groups is 2. The number of nitrogens with one attached hydrogen (secondary N) is 3. The van der Waals surface area contributed by atoms with Crippen LogP contribution in [0.25, 0.3) is 0 Å². The van der Waals surface area contributed by atoms with Gasteiger partial charge in [-0.3, -0.25) is 10.1 Å². The number of rotatable bonds is 7. The van der Waals surface area contributed by atoms with Crippen molar-refractivity contribution in [2.75, 3.05) is 10.6 Å². The number of hydrogen-bond donors (Lipinski definition) is 3. The normalized spacial score (nSPS) is 10.3. The fourth-order valence-corrected chi connectivity index (χ4v) is 3.26. The van der Waals surface area contributed by atoms with Crippen LogP contribution < -0.4 is 16.0 Å². The molecule has 0 aliphatic carbocycles. The zero-order valence-electron chi connectivity index (χ0n) is 14.9. The molecule has 28 heavy (non-hydrogen) atoms. The van der Waals surface area contributed by atoms with Gasteiger partial charge in [0.1, 0.15) is 0 Å². The smallest absolute Gasteiger partial charge is 0.325 e. The van der Waals surface area contributed by atoms with Crippen LogP contribution in [-0.4, -0.2) is 16.9 Å². The highest BCUT2D eigenvalue weighted by atomic mass is 35.5. The Morgan fingerprint density at radius 2 is 1.75 bits per heavy atom. The second-order valence-electron chi connectivity index (χ2n) is 5.99. The second-order valence-corrected chi connectivity index (χ2v) is 7.29. The molecule has 3 amide bonds. The summed E-state index contributed by atoms with van der Waals surface area (Å²) in [6.45, 7) is 0.458. The zero-order chi connectivity index (χ0) is 19.8. The predicted octanol–water partition coefficient (Wildman–Crippen LogP) is 4.69. The third kappa shape index (κ3) is 6.37. The molecule has 6 nitrogen and oxygen atoms in total. The predicted molar refractivity (Wildman–Crippen MR) is 113 cm³/mol. The average molecular weight is 415 g/mol. The van der Waals surface area contributed by atoms with E-state index in [0.29, 0.717) is 35.2 Å². The molecule has 0 bridgehead atoms. The third-order valence-corrected chi connectivity index (χ3v) is 4.87. The van der Waals surface area contributed by atoms with Crippen LogP contribution in [0.4, 0.5) is 15.6 Å². The Balaban J connectivity index is 1.40. The lowest BCUT2D eigenvalue weighted by Gasteiger charge is -2.05. The fraction of sp³-hybridized carbons (Fsp3) is 0.150. The number of aryl methyl sites for hydroxylation is 1. The van der Waals surface area contributed by atoms with Crippen LogP contribution in [-0.2, 0) is 17.8 Å². The van der Waals surface area contributed by atoms with Gasteiger partial charge in [-0.15, -0.1) is 11.3 Å². The number of thiazole rings is 1. The summed E-state index contributed by atoms with van der Waals surface area (Å²) in [5.74, 6) is -0.0562. The number of hydrogen-bond acceptors (Lipinski definition) is 4. The molecule has 144 valence electrons. The largest absolute Gasteiger partial charge is 0.352 e. The Labute approximate surface area is 172 Å². The van der Waals surface area contributed by atoms with Crippen molar-refractivity contribution in [2.24, 2.45) is 0 Å². The van der Waals surface area contributed by atoms with Gasteiger partial charge in [-0.2, -0.15) is 0 Å². The molecule has 3 rings (SSSR count). The maximum atomic E-state index is 12.0. The number of amides is 3. The van der Waals surface area contributed by atoms with Crippen LogP contribution in [0.2, 0.25) is 5.02 Å². The van der Waals surface area contributed by atoms with E-state index >= 15 is 0 Å². The molecule has 3 aromatic rings. The third-order valence-electron chi connectivity index (χ3n) is 3.82. The summed E-state index contributed by atoms with van der Waals surface area (Å²) in [5.41, 5.74) is 2.46. The first-order chi connectivity index (χ1) is 13.6. The van der Waals surface area contributed by atoms with Gasteiger partial charge in [-0.05, 0) is 36.2 Å². The van der Waals surface area contributed by atoms with Crippen molar-refractivity contribution >= 4 is 45.7 Å². The molecule has 1 aromatic heterocycles. The first-order valence-corrected chi connectivity index (χ1v) is 9.93. The number of carbonyl (C=O) groups excluding carboxylic acids is 2. The molecule has 1 heterocycles. The standard InChI is InChI=1S/C20H19ClN4O2S/c21-15-8-6-14(7-9-15)12-22-18(26)11-10-17-13-28-20(24-17)25-19(27)23-16-4-2-1-3-5-16/h1-9,13H,10-12H2,(H,22,26)(H2,23,24,25,27). The number of aromatic nitrogens is 1. The molecule has 0 aliphatic heterocycles. The SMILES string of the molecule is O=C(CCc1csc(NC(=O)Nc2ccccc2)n1)NCc1ccc(Cl)cc1. The van der Waals surface area contributed by atoms with Crippen molar-refractivity contribution in [2.45, 2.75) is 19.4 Å². The molecule has 8 heteroatoms. The Morgan fingerprint density at radius 3 is 2.50 bits per heavy atom. The lowest BCUT2D eigenvalue weighted by molar-refractivity contribution is -0.121. The van der Waals surface area contributed by atoms with Gasteiger partial charge in [0.2, 0.25) is 5.91 Å². The van der Waals surface area contributed by atoms with Gasteiger partial charge in [-0.1, -0.05) is 41.9 Å². The summed E-state index contributed by atoms with van der Waals surface area (Å²) < 4.78 is 0. The van der Waals surface area contributed by atoms with Crippen molar-refractivity contribution in [3.8, 4) is 0 Å². The molecule has 0 spiro atoms. The average Bonchev–Trinajstić information content (AvgIpc) is 3.14. The molecule has 0 saturated carbocycles. The summed E-state index contributed by atoms with van der Waals surface area (Å²) in [7, 11) is 0. The molecular weight excluding hydrogens is 396 g/mol. The number of para-hydroxylation sites is 1. The first kappa shape index (κ1) is 19.9. The Hall–Kier alpha value is -2.90. The first-order valence-electron chi connectivity index (χ1n) is 8.67. The van der Waals surface area contributed by atoms with Gasteiger partial charge >= 0.3 is 6.03 Å². The minimum absolute atomic E-state index is 0.0562. The molecule has 0 saturated heterocycles. The van der Waals surface area contributed by atoms with E-state index in [0.717, 1.165) is 11.3 Å². The second kappa shape index (κ2) is 9.87. The van der Waals surface area contributed by atoms with E-state index in [9.17, 15) is 9.59 Å². The van der Waals surface area contributed by atoms with Crippen LogP contribution in [0.5, 0.6) is 0 Å². The van der Waals surface area contributed by atoms with Gasteiger partial charge in [0, 0.05) is 29.1 Å². The van der Waals surface area contributed by atoms with Crippen molar-refractivity contribution in [1.82, 2.24) is 10.3 Å². The van der Waals surface area contributed by atoms with E-state index in [1.165, 1.54) is 11.3 Å². The van der Waals surface area contributed by atoms with Gasteiger partial charge in [0.15, 0.2) is 5.13 Å². The molecule has 0 aliphatic rings. The van der Waals surface area contributed by atoms with E-state index in [-0.39, 0.29) is 11.9 Å². The van der Waals surface area contributed by atoms with E-state index < -0.39 is 0 Å². The number of nitrogens with zero attached hydrogens (tertiary/aromatic N) is 1. The van der Waals surface area contributed by atoms with Crippen molar-refractivity contribution < 1.29 is 9.59 Å². The Morgan fingerprint density at radius 1 is 1.00 bits per heavy atom. The highest BCUT2D eigenvalue weighted by Gasteiger charge is 2.09. The summed E-state index contributed by atoms with van der Waals surface area (Å²) in [6.07, 6.45) is 0.831. The van der Waals surface area contributed by atoms with Gasteiger partial charge < -0.3 is 10.6 Å². The van der Waals surface area contributed by atoms with Crippen molar-refractivity contribution in [1.29, 1.82) is 0 Å². The number of anilines is 2. The van der Waals surface area contributed by atoms with Crippen molar-refractivity contribution in [3.05, 3.63) is 76.3 Å². The molecule has 0 fully saturated rings. The van der Waals surface area contributed by atoms with Gasteiger partial charge in [0.05, 0.1) is 5.69 Å². The van der Waals surface area contributed by atoms with E-state index in [1.807, 2.05) is 35.7 Å². The summed E-state index contributed by atoms with van der Waals surface area (Å²) in [4.78, 5) is 28.3. The molecule has 0 radical (unpaired) electrons. The number of halogens is 1. The monoisotopic (exact) mass is 414 g/mol. The maximum absolute atomic E-state index is 12.0. The fourth-order valence-electron chi connectivity index (χ4n) is 2.39. The molecular formula is C20H19ClN4O2S. The highest BCUT2D eigenvalue weighted by molar-refractivity contribution is 7.13. The van der Waals surface area contributed by atoms with Crippen LogP contribution in [0.15, 0.2) is 60.0 Å². The summed E-state index contributed by atoms with van der Waals surface area (Å²) in [6, 6.07) is 16.1. The summed E-state index contributed by atoms with van der Waals surface area (Å²) >= 11 is 7.17. The minimum atomic E-state index is -0.354. The molecule has 2 aromatic carbocycles.